The van der Waals surface area contributed by atoms with Crippen LogP contribution in [0.3, 0.4) is 0 Å². The Balaban J connectivity index is 1.92. The predicted octanol–water partition coefficient (Wildman–Crippen LogP) is -0.414. The zero-order valence-corrected chi connectivity index (χ0v) is 16.6. The van der Waals surface area contributed by atoms with Crippen molar-refractivity contribution in [3.63, 3.8) is 0 Å². The summed E-state index contributed by atoms with van der Waals surface area (Å²) in [5, 5.41) is 22.5. The summed E-state index contributed by atoms with van der Waals surface area (Å²) in [6.45, 7) is 2.06. The summed E-state index contributed by atoms with van der Waals surface area (Å²) in [6, 6.07) is 7.45. The third-order valence-corrected chi connectivity index (χ3v) is 4.60. The number of aromatic nitrogens is 4. The molecule has 0 saturated carbocycles. The smallest absolute Gasteiger partial charge is 0.332 e. The molecule has 1 aromatic carbocycles. The highest BCUT2D eigenvalue weighted by Crippen LogP contribution is 2.17. The number of anilines is 1. The summed E-state index contributed by atoms with van der Waals surface area (Å²) in [5.74, 6) is 0.906. The minimum atomic E-state index is -0.940. The number of fused-ring (bicyclic) bond motifs is 1. The van der Waals surface area contributed by atoms with Crippen LogP contribution in [0.1, 0.15) is 5.56 Å². The van der Waals surface area contributed by atoms with Crippen molar-refractivity contribution in [2.45, 2.75) is 19.6 Å². The van der Waals surface area contributed by atoms with Crippen molar-refractivity contribution in [2.24, 2.45) is 14.1 Å². The van der Waals surface area contributed by atoms with E-state index in [0.29, 0.717) is 5.75 Å². The molecule has 0 saturated heterocycles. The van der Waals surface area contributed by atoms with Gasteiger partial charge in [-0.05, 0) is 19.1 Å². The Morgan fingerprint density at radius 3 is 2.52 bits per heavy atom. The first-order chi connectivity index (χ1) is 13.8. The fourth-order valence-electron chi connectivity index (χ4n) is 3.02. The third-order valence-electron chi connectivity index (χ3n) is 4.60. The van der Waals surface area contributed by atoms with E-state index in [9.17, 15) is 14.7 Å². The van der Waals surface area contributed by atoms with Crippen LogP contribution in [0.5, 0.6) is 5.75 Å². The number of benzene rings is 1. The first-order valence-corrected chi connectivity index (χ1v) is 9.22. The van der Waals surface area contributed by atoms with E-state index in [2.05, 4.69) is 10.3 Å². The summed E-state index contributed by atoms with van der Waals surface area (Å²) < 4.78 is 9.39. The lowest BCUT2D eigenvalue weighted by Crippen LogP contribution is -2.38. The van der Waals surface area contributed by atoms with Crippen molar-refractivity contribution in [2.75, 3.05) is 25.1 Å². The molecule has 29 heavy (non-hydrogen) atoms. The zero-order chi connectivity index (χ0) is 21.1. The topological polar surface area (TPSA) is 124 Å². The molecule has 10 heteroatoms. The molecule has 2 heterocycles. The molecule has 0 radical (unpaired) electrons. The predicted molar refractivity (Wildman–Crippen MR) is 108 cm³/mol. The van der Waals surface area contributed by atoms with Crippen molar-refractivity contribution in [3.8, 4) is 5.75 Å². The molecular weight excluding hydrogens is 378 g/mol. The zero-order valence-electron chi connectivity index (χ0n) is 16.6. The van der Waals surface area contributed by atoms with Crippen LogP contribution in [-0.2, 0) is 20.6 Å². The Bertz CT molecular complexity index is 1110. The first kappa shape index (κ1) is 20.6. The summed E-state index contributed by atoms with van der Waals surface area (Å²) >= 11 is 0. The van der Waals surface area contributed by atoms with Gasteiger partial charge in [0.15, 0.2) is 11.2 Å². The molecule has 10 nitrogen and oxygen atoms in total. The van der Waals surface area contributed by atoms with Crippen molar-refractivity contribution in [1.29, 1.82) is 0 Å². The fraction of sp³-hybridized carbons (Fsp3) is 0.421. The second-order valence-corrected chi connectivity index (χ2v) is 6.85. The number of hydrogen-bond donors (Lipinski definition) is 3. The Labute approximate surface area is 166 Å². The number of ether oxygens (including phenoxy) is 1. The number of nitrogens with zero attached hydrogens (tertiary/aromatic N) is 4. The average molecular weight is 403 g/mol. The van der Waals surface area contributed by atoms with Crippen LogP contribution in [0.15, 0.2) is 33.9 Å². The van der Waals surface area contributed by atoms with Gasteiger partial charge in [-0.3, -0.25) is 13.9 Å². The lowest BCUT2D eigenvalue weighted by molar-refractivity contribution is 0.0938. The lowest BCUT2D eigenvalue weighted by atomic mass is 10.2. The number of rotatable bonds is 8. The van der Waals surface area contributed by atoms with Gasteiger partial charge in [0.25, 0.3) is 5.56 Å². The van der Waals surface area contributed by atoms with Crippen molar-refractivity contribution in [3.05, 3.63) is 50.7 Å². The molecule has 0 unspecified atom stereocenters. The van der Waals surface area contributed by atoms with Gasteiger partial charge >= 0.3 is 5.69 Å². The van der Waals surface area contributed by atoms with Crippen LogP contribution in [0.4, 0.5) is 5.95 Å². The van der Waals surface area contributed by atoms with Crippen molar-refractivity contribution in [1.82, 2.24) is 18.7 Å². The largest absolute Gasteiger partial charge is 0.491 e. The van der Waals surface area contributed by atoms with Crippen LogP contribution in [0.25, 0.3) is 11.2 Å². The van der Waals surface area contributed by atoms with Crippen LogP contribution in [0, 0.1) is 6.92 Å². The Kier molecular flexibility index (Phi) is 6.04. The summed E-state index contributed by atoms with van der Waals surface area (Å²) in [6.07, 6.45) is -0.940. The van der Waals surface area contributed by atoms with E-state index >= 15 is 0 Å². The number of hydrogen-bond acceptors (Lipinski definition) is 7. The quantitative estimate of drug-likeness (QED) is 0.467. The molecule has 1 atom stereocenters. The molecule has 3 N–H and O–H groups in total. The van der Waals surface area contributed by atoms with Gasteiger partial charge in [0.2, 0.25) is 5.95 Å². The van der Waals surface area contributed by atoms with Crippen molar-refractivity contribution >= 4 is 17.1 Å². The van der Waals surface area contributed by atoms with Crippen molar-refractivity contribution < 1.29 is 14.9 Å². The van der Waals surface area contributed by atoms with Gasteiger partial charge in [0, 0.05) is 20.6 Å². The van der Waals surface area contributed by atoms with E-state index in [1.54, 1.807) is 0 Å². The molecule has 0 spiro atoms. The number of imidazole rings is 1. The van der Waals surface area contributed by atoms with Crippen LogP contribution in [-0.4, -0.2) is 54.8 Å². The minimum Gasteiger partial charge on any atom is -0.491 e. The van der Waals surface area contributed by atoms with Crippen LogP contribution in [0.2, 0.25) is 0 Å². The van der Waals surface area contributed by atoms with Crippen LogP contribution < -0.4 is 21.3 Å². The lowest BCUT2D eigenvalue weighted by Gasteiger charge is -2.16. The van der Waals surface area contributed by atoms with E-state index in [1.807, 2.05) is 31.2 Å². The molecule has 0 aliphatic heterocycles. The summed E-state index contributed by atoms with van der Waals surface area (Å²) in [4.78, 5) is 29.2. The van der Waals surface area contributed by atoms with Gasteiger partial charge in [-0.25, -0.2) is 4.79 Å². The molecule has 3 aromatic rings. The van der Waals surface area contributed by atoms with Gasteiger partial charge in [0.05, 0.1) is 13.2 Å². The van der Waals surface area contributed by atoms with E-state index in [0.717, 1.165) is 10.1 Å². The van der Waals surface area contributed by atoms with E-state index in [1.165, 1.54) is 23.2 Å². The molecule has 0 amide bonds. The van der Waals surface area contributed by atoms with E-state index in [4.69, 9.17) is 9.84 Å². The van der Waals surface area contributed by atoms with E-state index in [-0.39, 0.29) is 43.4 Å². The van der Waals surface area contributed by atoms with Crippen LogP contribution >= 0.6 is 0 Å². The Hall–Kier alpha value is -3.11. The molecule has 2 aromatic heterocycles. The standard InChI is InChI=1S/C19H25N5O5/c1-12-4-6-14(7-5-12)29-11-13(26)10-24-15-16(21-18(24)20-8-9-25)22(2)19(28)23(3)17(15)27/h4-7,13,25-26H,8-11H2,1-3H3,(H,20,21)/t13-/m1/s1. The van der Waals surface area contributed by atoms with Gasteiger partial charge < -0.3 is 24.8 Å². The molecule has 156 valence electrons. The summed E-state index contributed by atoms with van der Waals surface area (Å²) in [7, 11) is 2.91. The van der Waals surface area contributed by atoms with Gasteiger partial charge in [-0.1, -0.05) is 17.7 Å². The van der Waals surface area contributed by atoms with Gasteiger partial charge in [-0.2, -0.15) is 4.98 Å². The Morgan fingerprint density at radius 2 is 1.86 bits per heavy atom. The highest BCUT2D eigenvalue weighted by Gasteiger charge is 2.21. The number of aryl methyl sites for hydroxylation is 2. The van der Waals surface area contributed by atoms with Gasteiger partial charge in [-0.15, -0.1) is 0 Å². The number of aliphatic hydroxyl groups is 2. The molecular formula is C19H25N5O5. The number of nitrogens with one attached hydrogen (secondary N) is 1. The minimum absolute atomic E-state index is 0.00819. The molecule has 0 aliphatic carbocycles. The van der Waals surface area contributed by atoms with Gasteiger partial charge in [0.1, 0.15) is 18.5 Å². The maximum absolute atomic E-state index is 12.7. The maximum Gasteiger partial charge on any atom is 0.332 e. The number of aliphatic hydroxyl groups excluding tert-OH is 2. The third kappa shape index (κ3) is 4.17. The fourth-order valence-corrected chi connectivity index (χ4v) is 3.02. The summed E-state index contributed by atoms with van der Waals surface area (Å²) in [5.41, 5.74) is 0.474. The monoisotopic (exact) mass is 403 g/mol. The average Bonchev–Trinajstić information content (AvgIpc) is 3.07. The highest BCUT2D eigenvalue weighted by atomic mass is 16.5. The molecule has 0 aliphatic rings. The van der Waals surface area contributed by atoms with E-state index < -0.39 is 17.4 Å². The highest BCUT2D eigenvalue weighted by molar-refractivity contribution is 5.74. The molecule has 3 rings (SSSR count). The normalized spacial score (nSPS) is 12.3. The SMILES string of the molecule is Cc1ccc(OC[C@H](O)Cn2c(NCCO)nc3c2c(=O)n(C)c(=O)n3C)cc1. The second kappa shape index (κ2) is 8.50. The molecule has 0 bridgehead atoms. The molecule has 0 fully saturated rings. The second-order valence-electron chi connectivity index (χ2n) is 6.85. The maximum atomic E-state index is 12.7. The first-order valence-electron chi connectivity index (χ1n) is 9.22. The Morgan fingerprint density at radius 1 is 1.17 bits per heavy atom.